The van der Waals surface area contributed by atoms with Crippen molar-refractivity contribution in [1.29, 1.82) is 0 Å². The number of carbonyl (C=O) groups is 2. The second-order valence-electron chi connectivity index (χ2n) is 7.10. The van der Waals surface area contributed by atoms with Crippen LogP contribution in [-0.4, -0.2) is 47.9 Å². The molecular formula is C21H25ClN4O3. The first kappa shape index (κ1) is 20.9. The number of hydrogen-bond donors (Lipinski definition) is 2. The van der Waals surface area contributed by atoms with Crippen LogP contribution in [0.4, 0.5) is 5.69 Å². The molecule has 0 bridgehead atoms. The summed E-state index contributed by atoms with van der Waals surface area (Å²) < 4.78 is 5.76. The fourth-order valence-corrected chi connectivity index (χ4v) is 3.14. The zero-order chi connectivity index (χ0) is 20.6. The number of amides is 2. The Kier molecular flexibility index (Phi) is 7.30. The van der Waals surface area contributed by atoms with Crippen molar-refractivity contribution >= 4 is 29.1 Å². The van der Waals surface area contributed by atoms with Gasteiger partial charge in [0.2, 0.25) is 5.91 Å². The van der Waals surface area contributed by atoms with Gasteiger partial charge in [-0.25, -0.2) is 0 Å². The molecular weight excluding hydrogens is 392 g/mol. The average Bonchev–Trinajstić information content (AvgIpc) is 3.52. The normalized spacial score (nSPS) is 13.0. The van der Waals surface area contributed by atoms with Crippen LogP contribution in [0.3, 0.4) is 0 Å². The SMILES string of the molecule is NC(=O)CCN(CC1CC1)C(=O)c1cc(Cl)cc(OCCNc2cccnc2)c1. The topological polar surface area (TPSA) is 97.6 Å². The fourth-order valence-electron chi connectivity index (χ4n) is 2.92. The van der Waals surface area contributed by atoms with Gasteiger partial charge in [0, 0.05) is 49.0 Å². The smallest absolute Gasteiger partial charge is 0.254 e. The zero-order valence-corrected chi connectivity index (χ0v) is 16.9. The second kappa shape index (κ2) is 10.1. The minimum atomic E-state index is -0.421. The molecule has 8 heteroatoms. The molecule has 3 rings (SSSR count). The molecule has 1 saturated carbocycles. The Morgan fingerprint density at radius 3 is 2.83 bits per heavy atom. The van der Waals surface area contributed by atoms with E-state index in [9.17, 15) is 9.59 Å². The van der Waals surface area contributed by atoms with Gasteiger partial charge >= 0.3 is 0 Å². The molecule has 0 aliphatic heterocycles. The summed E-state index contributed by atoms with van der Waals surface area (Å²) in [6.07, 6.45) is 5.80. The molecule has 1 aromatic heterocycles. The van der Waals surface area contributed by atoms with Crippen molar-refractivity contribution in [2.75, 3.05) is 31.6 Å². The molecule has 2 aromatic rings. The summed E-state index contributed by atoms with van der Waals surface area (Å²) in [6.45, 7) is 1.91. The number of nitrogens with zero attached hydrogens (tertiary/aromatic N) is 2. The van der Waals surface area contributed by atoms with Crippen LogP contribution in [-0.2, 0) is 4.79 Å². The van der Waals surface area contributed by atoms with Gasteiger partial charge in [-0.3, -0.25) is 14.6 Å². The molecule has 1 aromatic carbocycles. The predicted octanol–water partition coefficient (Wildman–Crippen LogP) is 2.95. The lowest BCUT2D eigenvalue weighted by Gasteiger charge is -2.22. The molecule has 1 aliphatic rings. The minimum absolute atomic E-state index is 0.141. The first-order valence-electron chi connectivity index (χ1n) is 9.66. The largest absolute Gasteiger partial charge is 0.492 e. The van der Waals surface area contributed by atoms with E-state index < -0.39 is 5.91 Å². The van der Waals surface area contributed by atoms with Crippen molar-refractivity contribution in [2.24, 2.45) is 11.7 Å². The van der Waals surface area contributed by atoms with Gasteiger partial charge in [0.15, 0.2) is 0 Å². The Morgan fingerprint density at radius 1 is 1.31 bits per heavy atom. The summed E-state index contributed by atoms with van der Waals surface area (Å²) in [5.74, 6) is 0.434. The number of anilines is 1. The molecule has 1 heterocycles. The van der Waals surface area contributed by atoms with Crippen molar-refractivity contribution in [1.82, 2.24) is 9.88 Å². The van der Waals surface area contributed by atoms with Crippen LogP contribution in [0.2, 0.25) is 5.02 Å². The summed E-state index contributed by atoms with van der Waals surface area (Å²) in [5.41, 5.74) is 6.60. The van der Waals surface area contributed by atoms with Gasteiger partial charge in [-0.2, -0.15) is 0 Å². The van der Waals surface area contributed by atoms with E-state index >= 15 is 0 Å². The number of benzene rings is 1. The monoisotopic (exact) mass is 416 g/mol. The van der Waals surface area contributed by atoms with Crippen LogP contribution >= 0.6 is 11.6 Å². The van der Waals surface area contributed by atoms with E-state index in [0.717, 1.165) is 18.5 Å². The molecule has 0 saturated heterocycles. The summed E-state index contributed by atoms with van der Waals surface area (Å²) in [6, 6.07) is 8.75. The van der Waals surface area contributed by atoms with Gasteiger partial charge in [-0.05, 0) is 49.1 Å². The Bertz CT molecular complexity index is 843. The number of nitrogens with one attached hydrogen (secondary N) is 1. The van der Waals surface area contributed by atoms with Crippen molar-refractivity contribution < 1.29 is 14.3 Å². The number of primary amides is 1. The number of ether oxygens (including phenoxy) is 1. The van der Waals surface area contributed by atoms with Crippen molar-refractivity contribution in [2.45, 2.75) is 19.3 Å². The maximum Gasteiger partial charge on any atom is 0.254 e. The second-order valence-corrected chi connectivity index (χ2v) is 7.54. The van der Waals surface area contributed by atoms with E-state index in [0.29, 0.717) is 48.5 Å². The number of nitrogens with two attached hydrogens (primary N) is 1. The summed E-state index contributed by atoms with van der Waals surface area (Å²) in [7, 11) is 0. The number of aromatic nitrogens is 1. The van der Waals surface area contributed by atoms with Gasteiger partial charge in [-0.1, -0.05) is 11.6 Å². The Balaban J connectivity index is 1.60. The van der Waals surface area contributed by atoms with Crippen LogP contribution in [0.15, 0.2) is 42.7 Å². The lowest BCUT2D eigenvalue weighted by molar-refractivity contribution is -0.118. The fraction of sp³-hybridized carbons (Fsp3) is 0.381. The molecule has 154 valence electrons. The molecule has 7 nitrogen and oxygen atoms in total. The standard InChI is InChI=1S/C21H25ClN4O3/c22-17-10-16(21(28)26(8-5-20(23)27)14-15-3-4-15)11-19(12-17)29-9-7-25-18-2-1-6-24-13-18/h1-2,6,10-13,15,25H,3-5,7-9,14H2,(H2,23,27). The van der Waals surface area contributed by atoms with Crippen LogP contribution in [0.25, 0.3) is 0 Å². The van der Waals surface area contributed by atoms with Gasteiger partial charge in [0.1, 0.15) is 12.4 Å². The Hall–Kier alpha value is -2.80. The van der Waals surface area contributed by atoms with Gasteiger partial charge in [0.25, 0.3) is 5.91 Å². The lowest BCUT2D eigenvalue weighted by Crippen LogP contribution is -2.35. The minimum Gasteiger partial charge on any atom is -0.492 e. The molecule has 0 atom stereocenters. The average molecular weight is 417 g/mol. The van der Waals surface area contributed by atoms with Crippen LogP contribution < -0.4 is 15.8 Å². The van der Waals surface area contributed by atoms with E-state index in [2.05, 4.69) is 10.3 Å². The van der Waals surface area contributed by atoms with Gasteiger partial charge in [-0.15, -0.1) is 0 Å². The molecule has 2 amide bonds. The highest BCUT2D eigenvalue weighted by atomic mass is 35.5. The molecule has 0 radical (unpaired) electrons. The summed E-state index contributed by atoms with van der Waals surface area (Å²) in [5, 5.41) is 3.63. The number of halogens is 1. The van der Waals surface area contributed by atoms with Crippen molar-refractivity contribution in [3.05, 3.63) is 53.3 Å². The molecule has 0 spiro atoms. The van der Waals surface area contributed by atoms with Crippen LogP contribution in [0, 0.1) is 5.92 Å². The molecule has 3 N–H and O–H groups in total. The molecule has 0 unspecified atom stereocenters. The van der Waals surface area contributed by atoms with Crippen LogP contribution in [0.1, 0.15) is 29.6 Å². The van der Waals surface area contributed by atoms with E-state index in [4.69, 9.17) is 22.1 Å². The van der Waals surface area contributed by atoms with Crippen LogP contribution in [0.5, 0.6) is 5.75 Å². The maximum atomic E-state index is 13.0. The highest BCUT2D eigenvalue weighted by Gasteiger charge is 2.27. The molecule has 29 heavy (non-hydrogen) atoms. The van der Waals surface area contributed by atoms with Gasteiger partial charge in [0.05, 0.1) is 5.69 Å². The highest BCUT2D eigenvalue weighted by Crippen LogP contribution is 2.31. The van der Waals surface area contributed by atoms with Crippen molar-refractivity contribution in [3.8, 4) is 5.75 Å². The van der Waals surface area contributed by atoms with E-state index in [-0.39, 0.29) is 12.3 Å². The molecule has 1 fully saturated rings. The third-order valence-electron chi connectivity index (χ3n) is 4.57. The van der Waals surface area contributed by atoms with E-state index in [1.165, 1.54) is 0 Å². The lowest BCUT2D eigenvalue weighted by atomic mass is 10.1. The summed E-state index contributed by atoms with van der Waals surface area (Å²) >= 11 is 6.20. The third kappa shape index (κ3) is 6.94. The third-order valence-corrected chi connectivity index (χ3v) is 4.79. The first-order valence-corrected chi connectivity index (χ1v) is 10.0. The number of carbonyl (C=O) groups excluding carboxylic acids is 2. The molecule has 1 aliphatic carbocycles. The quantitative estimate of drug-likeness (QED) is 0.549. The Morgan fingerprint density at radius 2 is 2.14 bits per heavy atom. The van der Waals surface area contributed by atoms with E-state index in [1.807, 2.05) is 12.1 Å². The first-order chi connectivity index (χ1) is 14.0. The number of pyridine rings is 1. The number of rotatable bonds is 11. The van der Waals surface area contributed by atoms with E-state index in [1.54, 1.807) is 35.5 Å². The predicted molar refractivity (Wildman–Crippen MR) is 112 cm³/mol. The summed E-state index contributed by atoms with van der Waals surface area (Å²) in [4.78, 5) is 29.9. The highest BCUT2D eigenvalue weighted by molar-refractivity contribution is 6.31. The number of hydrogen-bond acceptors (Lipinski definition) is 5. The van der Waals surface area contributed by atoms with Gasteiger partial charge < -0.3 is 20.7 Å². The van der Waals surface area contributed by atoms with Crippen molar-refractivity contribution in [3.63, 3.8) is 0 Å². The zero-order valence-electron chi connectivity index (χ0n) is 16.1. The Labute approximate surface area is 175 Å². The maximum absolute atomic E-state index is 13.0.